The first-order valence-corrected chi connectivity index (χ1v) is 9.91. The molecule has 0 radical (unpaired) electrons. The largest absolute Gasteiger partial charge is 0.340 e. The molecule has 0 aliphatic rings. The van der Waals surface area contributed by atoms with Crippen LogP contribution in [0.1, 0.15) is 9.80 Å². The maximum atomic E-state index is 12.5. The Morgan fingerprint density at radius 2 is 1.83 bits per heavy atom. The molecule has 9 heteroatoms. The normalized spacial score (nSPS) is 10.8. The summed E-state index contributed by atoms with van der Waals surface area (Å²) in [5.41, 5.74) is 2.35. The van der Waals surface area contributed by atoms with Gasteiger partial charge in [0, 0.05) is 29.8 Å². The summed E-state index contributed by atoms with van der Waals surface area (Å²) in [5.74, 6) is 1.14. The number of imidazole rings is 1. The van der Waals surface area contributed by atoms with Gasteiger partial charge in [-0.05, 0) is 36.4 Å². The Hall–Kier alpha value is -4.11. The number of nitrogens with one attached hydrogen (secondary N) is 2. The molecule has 0 spiro atoms. The van der Waals surface area contributed by atoms with Gasteiger partial charge in [-0.25, -0.2) is 19.9 Å². The molecule has 2 aromatic carbocycles. The fourth-order valence-electron chi connectivity index (χ4n) is 2.89. The van der Waals surface area contributed by atoms with Crippen molar-refractivity contribution in [3.63, 3.8) is 0 Å². The van der Waals surface area contributed by atoms with Gasteiger partial charge in [-0.3, -0.25) is 9.36 Å². The molecule has 0 saturated heterocycles. The SMILES string of the molecule is O=C(Nc1ccc(Nc2cc(-n3ccnc3)ncn2)cc1)c1nc2ccccc2s1. The van der Waals surface area contributed by atoms with Gasteiger partial charge in [0.15, 0.2) is 5.01 Å². The summed E-state index contributed by atoms with van der Waals surface area (Å²) in [5, 5.41) is 6.55. The van der Waals surface area contributed by atoms with Gasteiger partial charge in [-0.15, -0.1) is 11.3 Å². The molecular formula is C21H15N7OS. The van der Waals surface area contributed by atoms with Crippen molar-refractivity contribution in [2.45, 2.75) is 0 Å². The average molecular weight is 413 g/mol. The molecule has 5 aromatic rings. The number of fused-ring (bicyclic) bond motifs is 1. The van der Waals surface area contributed by atoms with E-state index in [1.807, 2.05) is 60.8 Å². The zero-order chi connectivity index (χ0) is 20.3. The van der Waals surface area contributed by atoms with Crippen LogP contribution in [-0.4, -0.2) is 30.4 Å². The predicted octanol–water partition coefficient (Wildman–Crippen LogP) is 4.27. The fourth-order valence-corrected chi connectivity index (χ4v) is 3.75. The van der Waals surface area contributed by atoms with Crippen LogP contribution in [0.5, 0.6) is 0 Å². The highest BCUT2D eigenvalue weighted by Gasteiger charge is 2.12. The van der Waals surface area contributed by atoms with Crippen LogP contribution in [0.2, 0.25) is 0 Å². The van der Waals surface area contributed by atoms with Gasteiger partial charge in [0.2, 0.25) is 0 Å². The lowest BCUT2D eigenvalue weighted by Crippen LogP contribution is -2.11. The Labute approximate surface area is 175 Å². The lowest BCUT2D eigenvalue weighted by Gasteiger charge is -2.08. The number of hydrogen-bond acceptors (Lipinski definition) is 7. The van der Waals surface area contributed by atoms with Crippen LogP contribution in [0.3, 0.4) is 0 Å². The minimum absolute atomic E-state index is 0.224. The molecule has 2 N–H and O–H groups in total. The second-order valence-electron chi connectivity index (χ2n) is 6.37. The number of carbonyl (C=O) groups excluding carboxylic acids is 1. The Kier molecular flexibility index (Phi) is 4.62. The van der Waals surface area contributed by atoms with Crippen LogP contribution in [-0.2, 0) is 0 Å². The van der Waals surface area contributed by atoms with E-state index in [0.717, 1.165) is 15.9 Å². The molecule has 3 aromatic heterocycles. The van der Waals surface area contributed by atoms with E-state index in [4.69, 9.17) is 0 Å². The van der Waals surface area contributed by atoms with E-state index in [9.17, 15) is 4.79 Å². The molecule has 0 fully saturated rings. The Morgan fingerprint density at radius 3 is 2.63 bits per heavy atom. The topological polar surface area (TPSA) is 97.6 Å². The molecule has 0 saturated carbocycles. The number of carbonyl (C=O) groups is 1. The molecule has 8 nitrogen and oxygen atoms in total. The molecule has 0 unspecified atom stereocenters. The molecule has 0 bridgehead atoms. The number of para-hydroxylation sites is 1. The van der Waals surface area contributed by atoms with Crippen LogP contribution in [0.25, 0.3) is 16.0 Å². The molecule has 0 atom stereocenters. The Bertz CT molecular complexity index is 1280. The van der Waals surface area contributed by atoms with Crippen molar-refractivity contribution >= 4 is 44.7 Å². The van der Waals surface area contributed by atoms with Crippen LogP contribution in [0.15, 0.2) is 79.6 Å². The van der Waals surface area contributed by atoms with Gasteiger partial charge in [0.25, 0.3) is 5.91 Å². The van der Waals surface area contributed by atoms with Crippen LogP contribution in [0.4, 0.5) is 17.2 Å². The van der Waals surface area contributed by atoms with Crippen molar-refractivity contribution in [3.8, 4) is 5.82 Å². The van der Waals surface area contributed by atoms with Crippen molar-refractivity contribution < 1.29 is 4.79 Å². The highest BCUT2D eigenvalue weighted by Crippen LogP contribution is 2.23. The van der Waals surface area contributed by atoms with Gasteiger partial charge in [-0.1, -0.05) is 12.1 Å². The molecule has 5 rings (SSSR count). The first kappa shape index (κ1) is 18.0. The highest BCUT2D eigenvalue weighted by molar-refractivity contribution is 7.20. The van der Waals surface area contributed by atoms with Crippen molar-refractivity contribution in [1.82, 2.24) is 24.5 Å². The number of hydrogen-bond donors (Lipinski definition) is 2. The van der Waals surface area contributed by atoms with E-state index < -0.39 is 0 Å². The van der Waals surface area contributed by atoms with Crippen molar-refractivity contribution in [1.29, 1.82) is 0 Å². The number of anilines is 3. The number of benzene rings is 2. The molecular weight excluding hydrogens is 398 g/mol. The summed E-state index contributed by atoms with van der Waals surface area (Å²) in [6.07, 6.45) is 6.67. The highest BCUT2D eigenvalue weighted by atomic mass is 32.1. The second kappa shape index (κ2) is 7.72. The van der Waals surface area contributed by atoms with E-state index in [-0.39, 0.29) is 5.91 Å². The van der Waals surface area contributed by atoms with Crippen molar-refractivity contribution in [3.05, 3.63) is 84.7 Å². The first-order valence-electron chi connectivity index (χ1n) is 9.09. The third-order valence-electron chi connectivity index (χ3n) is 4.32. The van der Waals surface area contributed by atoms with Gasteiger partial charge in [0.05, 0.1) is 10.2 Å². The summed E-state index contributed by atoms with van der Waals surface area (Å²) in [6.45, 7) is 0. The minimum atomic E-state index is -0.224. The fraction of sp³-hybridized carbons (Fsp3) is 0. The number of nitrogens with zero attached hydrogens (tertiary/aromatic N) is 5. The van der Waals surface area contributed by atoms with Crippen molar-refractivity contribution in [2.75, 3.05) is 10.6 Å². The molecule has 0 aliphatic heterocycles. The number of amides is 1. The summed E-state index contributed by atoms with van der Waals surface area (Å²) in [6, 6.07) is 16.9. The molecule has 146 valence electrons. The number of thiazole rings is 1. The van der Waals surface area contributed by atoms with Gasteiger partial charge in [-0.2, -0.15) is 0 Å². The zero-order valence-corrected chi connectivity index (χ0v) is 16.4. The number of rotatable bonds is 5. The average Bonchev–Trinajstić information content (AvgIpc) is 3.45. The maximum Gasteiger partial charge on any atom is 0.284 e. The summed E-state index contributed by atoms with van der Waals surface area (Å²) in [4.78, 5) is 29.4. The van der Waals surface area contributed by atoms with E-state index in [1.54, 1.807) is 17.1 Å². The van der Waals surface area contributed by atoms with E-state index >= 15 is 0 Å². The third-order valence-corrected chi connectivity index (χ3v) is 5.36. The zero-order valence-electron chi connectivity index (χ0n) is 15.6. The smallest absolute Gasteiger partial charge is 0.284 e. The summed E-state index contributed by atoms with van der Waals surface area (Å²) >= 11 is 1.37. The molecule has 30 heavy (non-hydrogen) atoms. The lowest BCUT2D eigenvalue weighted by atomic mass is 10.2. The minimum Gasteiger partial charge on any atom is -0.340 e. The van der Waals surface area contributed by atoms with Crippen molar-refractivity contribution in [2.24, 2.45) is 0 Å². The van der Waals surface area contributed by atoms with Gasteiger partial charge in [0.1, 0.15) is 24.3 Å². The monoisotopic (exact) mass is 413 g/mol. The quantitative estimate of drug-likeness (QED) is 0.447. The third kappa shape index (κ3) is 3.74. The first-order chi connectivity index (χ1) is 14.7. The molecule has 1 amide bonds. The maximum absolute atomic E-state index is 12.5. The molecule has 3 heterocycles. The van der Waals surface area contributed by atoms with Crippen LogP contribution >= 0.6 is 11.3 Å². The molecule has 0 aliphatic carbocycles. The second-order valence-corrected chi connectivity index (χ2v) is 7.41. The van der Waals surface area contributed by atoms with E-state index in [1.165, 1.54) is 17.7 Å². The number of aromatic nitrogens is 5. The van der Waals surface area contributed by atoms with Gasteiger partial charge < -0.3 is 10.6 Å². The summed E-state index contributed by atoms with van der Waals surface area (Å²) in [7, 11) is 0. The standard InChI is InChI=1S/C21H15N7OS/c29-20(21-27-16-3-1-2-4-17(16)30-21)26-15-7-5-14(6-8-15)25-18-11-19(24-12-23-18)28-10-9-22-13-28/h1-13H,(H,26,29)(H,23,24,25). The van der Waals surface area contributed by atoms with E-state index in [0.29, 0.717) is 22.3 Å². The summed E-state index contributed by atoms with van der Waals surface area (Å²) < 4.78 is 2.79. The van der Waals surface area contributed by atoms with Gasteiger partial charge >= 0.3 is 0 Å². The Balaban J connectivity index is 1.27. The predicted molar refractivity (Wildman–Crippen MR) is 116 cm³/mol. The Morgan fingerprint density at radius 1 is 1.00 bits per heavy atom. The lowest BCUT2D eigenvalue weighted by molar-refractivity contribution is 0.102. The van der Waals surface area contributed by atoms with Crippen LogP contribution < -0.4 is 10.6 Å². The van der Waals surface area contributed by atoms with E-state index in [2.05, 4.69) is 30.6 Å². The van der Waals surface area contributed by atoms with Crippen LogP contribution in [0, 0.1) is 0 Å².